The number of benzene rings is 1. The molecule has 2 heterocycles. The van der Waals surface area contributed by atoms with E-state index in [4.69, 9.17) is 4.52 Å². The Morgan fingerprint density at radius 1 is 1.13 bits per heavy atom. The summed E-state index contributed by atoms with van der Waals surface area (Å²) in [4.78, 5) is 29.5. The number of thioether (sulfide) groups is 1. The van der Waals surface area contributed by atoms with E-state index in [0.29, 0.717) is 34.1 Å². The average molecular weight is 425 g/mol. The standard InChI is InChI=1S/C22H24N4O3S/c1-5-23-20(27)16-9-8-13(2)19(11-16)25-21(28)17-7-6-10-24-22(17)30-12-18-14(3)26-29-15(18)4/h6-11H,5,12H2,1-4H3,(H,23,27)(H,25,28). The van der Waals surface area contributed by atoms with Crippen LogP contribution in [0.3, 0.4) is 0 Å². The summed E-state index contributed by atoms with van der Waals surface area (Å²) in [6, 6.07) is 8.71. The van der Waals surface area contributed by atoms with Gasteiger partial charge in [-0.05, 0) is 57.5 Å². The van der Waals surface area contributed by atoms with Crippen LogP contribution in [-0.4, -0.2) is 28.5 Å². The van der Waals surface area contributed by atoms with Gasteiger partial charge in [-0.15, -0.1) is 11.8 Å². The van der Waals surface area contributed by atoms with E-state index in [1.807, 2.05) is 33.8 Å². The molecule has 2 aromatic heterocycles. The van der Waals surface area contributed by atoms with Crippen molar-refractivity contribution in [3.63, 3.8) is 0 Å². The smallest absolute Gasteiger partial charge is 0.258 e. The topological polar surface area (TPSA) is 97.1 Å². The van der Waals surface area contributed by atoms with Gasteiger partial charge in [-0.2, -0.15) is 0 Å². The van der Waals surface area contributed by atoms with Crippen molar-refractivity contribution in [3.8, 4) is 0 Å². The van der Waals surface area contributed by atoms with E-state index in [1.165, 1.54) is 11.8 Å². The number of amides is 2. The number of aryl methyl sites for hydroxylation is 3. The average Bonchev–Trinajstić information content (AvgIpc) is 3.05. The third-order valence-corrected chi connectivity index (χ3v) is 5.67. The minimum absolute atomic E-state index is 0.176. The van der Waals surface area contributed by atoms with Gasteiger partial charge in [0.2, 0.25) is 0 Å². The van der Waals surface area contributed by atoms with E-state index < -0.39 is 0 Å². The van der Waals surface area contributed by atoms with Crippen molar-refractivity contribution in [1.82, 2.24) is 15.5 Å². The zero-order valence-electron chi connectivity index (χ0n) is 17.4. The van der Waals surface area contributed by atoms with Gasteiger partial charge in [0.05, 0.1) is 11.3 Å². The van der Waals surface area contributed by atoms with Gasteiger partial charge >= 0.3 is 0 Å². The molecule has 156 valence electrons. The fourth-order valence-corrected chi connectivity index (χ4v) is 4.02. The van der Waals surface area contributed by atoms with Crippen molar-refractivity contribution in [1.29, 1.82) is 0 Å². The van der Waals surface area contributed by atoms with E-state index >= 15 is 0 Å². The molecule has 0 unspecified atom stereocenters. The Bertz CT molecular complexity index is 1060. The van der Waals surface area contributed by atoms with Crippen molar-refractivity contribution in [2.45, 2.75) is 38.5 Å². The van der Waals surface area contributed by atoms with E-state index in [1.54, 1.807) is 30.5 Å². The Balaban J connectivity index is 1.79. The Morgan fingerprint density at radius 3 is 2.63 bits per heavy atom. The molecule has 8 heteroatoms. The lowest BCUT2D eigenvalue weighted by Gasteiger charge is -2.12. The Kier molecular flexibility index (Phi) is 6.89. The quantitative estimate of drug-likeness (QED) is 0.549. The number of carbonyl (C=O) groups is 2. The number of pyridine rings is 1. The monoisotopic (exact) mass is 424 g/mol. The van der Waals surface area contributed by atoms with Gasteiger partial charge in [0.25, 0.3) is 11.8 Å². The molecule has 0 aliphatic rings. The highest BCUT2D eigenvalue weighted by atomic mass is 32.2. The minimum atomic E-state index is -0.277. The SMILES string of the molecule is CCNC(=O)c1ccc(C)c(NC(=O)c2cccnc2SCc2c(C)noc2C)c1. The summed E-state index contributed by atoms with van der Waals surface area (Å²) in [5, 5.41) is 10.3. The predicted molar refractivity (Wildman–Crippen MR) is 117 cm³/mol. The summed E-state index contributed by atoms with van der Waals surface area (Å²) in [6.45, 7) is 8.04. The minimum Gasteiger partial charge on any atom is -0.361 e. The van der Waals surface area contributed by atoms with Crippen LogP contribution in [0.15, 0.2) is 46.1 Å². The van der Waals surface area contributed by atoms with Crippen molar-refractivity contribution >= 4 is 29.3 Å². The van der Waals surface area contributed by atoms with Crippen molar-refractivity contribution in [3.05, 3.63) is 70.2 Å². The zero-order chi connectivity index (χ0) is 21.7. The third-order valence-electron chi connectivity index (χ3n) is 4.64. The lowest BCUT2D eigenvalue weighted by atomic mass is 10.1. The first-order valence-electron chi connectivity index (χ1n) is 9.60. The first-order valence-corrected chi connectivity index (χ1v) is 10.6. The maximum atomic E-state index is 13.0. The largest absolute Gasteiger partial charge is 0.361 e. The molecule has 0 saturated heterocycles. The second kappa shape index (κ2) is 9.58. The van der Waals surface area contributed by atoms with Gasteiger partial charge in [0.15, 0.2) is 0 Å². The molecular weight excluding hydrogens is 400 g/mol. The summed E-state index contributed by atoms with van der Waals surface area (Å²) >= 11 is 1.45. The molecule has 0 aliphatic heterocycles. The maximum Gasteiger partial charge on any atom is 0.258 e. The molecule has 2 amide bonds. The zero-order valence-corrected chi connectivity index (χ0v) is 18.2. The second-order valence-corrected chi connectivity index (χ2v) is 7.75. The molecule has 0 fully saturated rings. The van der Waals surface area contributed by atoms with E-state index in [2.05, 4.69) is 20.8 Å². The van der Waals surface area contributed by atoms with Crippen LogP contribution in [0.1, 0.15) is 50.2 Å². The number of hydrogen-bond acceptors (Lipinski definition) is 6. The van der Waals surface area contributed by atoms with Crippen LogP contribution < -0.4 is 10.6 Å². The van der Waals surface area contributed by atoms with Crippen molar-refractivity contribution < 1.29 is 14.1 Å². The molecule has 0 radical (unpaired) electrons. The number of aromatic nitrogens is 2. The van der Waals surface area contributed by atoms with Gasteiger partial charge in [-0.3, -0.25) is 9.59 Å². The summed E-state index contributed by atoms with van der Waals surface area (Å²) in [6.07, 6.45) is 1.66. The van der Waals surface area contributed by atoms with Crippen LogP contribution in [0.4, 0.5) is 5.69 Å². The lowest BCUT2D eigenvalue weighted by molar-refractivity contribution is 0.0954. The lowest BCUT2D eigenvalue weighted by Crippen LogP contribution is -2.23. The second-order valence-electron chi connectivity index (χ2n) is 6.79. The number of hydrogen-bond donors (Lipinski definition) is 2. The Hall–Kier alpha value is -3.13. The summed E-state index contributed by atoms with van der Waals surface area (Å²) in [5.74, 6) is 0.912. The van der Waals surface area contributed by atoms with Gasteiger partial charge in [0, 0.05) is 35.3 Å². The molecule has 0 aliphatic carbocycles. The Labute approximate surface area is 179 Å². The Morgan fingerprint density at radius 2 is 1.93 bits per heavy atom. The fraction of sp³-hybridized carbons (Fsp3) is 0.273. The van der Waals surface area contributed by atoms with Crippen LogP contribution >= 0.6 is 11.8 Å². The van der Waals surface area contributed by atoms with E-state index in [9.17, 15) is 9.59 Å². The molecule has 3 rings (SSSR count). The highest BCUT2D eigenvalue weighted by Gasteiger charge is 2.17. The number of anilines is 1. The molecule has 30 heavy (non-hydrogen) atoms. The molecular formula is C22H24N4O3S. The molecule has 0 saturated carbocycles. The first-order chi connectivity index (χ1) is 14.4. The predicted octanol–water partition coefficient (Wildman–Crippen LogP) is 4.29. The summed E-state index contributed by atoms with van der Waals surface area (Å²) < 4.78 is 5.21. The molecule has 3 aromatic rings. The highest BCUT2D eigenvalue weighted by Crippen LogP contribution is 2.28. The van der Waals surface area contributed by atoms with Gasteiger partial charge < -0.3 is 15.2 Å². The number of rotatable bonds is 7. The highest BCUT2D eigenvalue weighted by molar-refractivity contribution is 7.98. The van der Waals surface area contributed by atoms with Gasteiger partial charge in [-0.25, -0.2) is 4.98 Å². The van der Waals surface area contributed by atoms with E-state index in [0.717, 1.165) is 22.6 Å². The molecule has 2 N–H and O–H groups in total. The number of nitrogens with one attached hydrogen (secondary N) is 2. The number of nitrogens with zero attached hydrogens (tertiary/aromatic N) is 2. The normalized spacial score (nSPS) is 10.7. The van der Waals surface area contributed by atoms with E-state index in [-0.39, 0.29) is 11.8 Å². The molecule has 1 aromatic carbocycles. The molecule has 7 nitrogen and oxygen atoms in total. The van der Waals surface area contributed by atoms with Crippen molar-refractivity contribution in [2.75, 3.05) is 11.9 Å². The first kappa shape index (κ1) is 21.6. The number of carbonyl (C=O) groups excluding carboxylic acids is 2. The van der Waals surface area contributed by atoms with Gasteiger partial charge in [-0.1, -0.05) is 11.2 Å². The van der Waals surface area contributed by atoms with Crippen LogP contribution in [0.25, 0.3) is 0 Å². The molecule has 0 spiro atoms. The van der Waals surface area contributed by atoms with Crippen LogP contribution in [-0.2, 0) is 5.75 Å². The third kappa shape index (κ3) is 4.88. The van der Waals surface area contributed by atoms with Crippen molar-refractivity contribution in [2.24, 2.45) is 0 Å². The molecule has 0 bridgehead atoms. The maximum absolute atomic E-state index is 13.0. The summed E-state index contributed by atoms with van der Waals surface area (Å²) in [5.41, 5.74) is 4.26. The van der Waals surface area contributed by atoms with Crippen LogP contribution in [0.5, 0.6) is 0 Å². The molecule has 0 atom stereocenters. The summed E-state index contributed by atoms with van der Waals surface area (Å²) in [7, 11) is 0. The van der Waals surface area contributed by atoms with Crippen LogP contribution in [0.2, 0.25) is 0 Å². The van der Waals surface area contributed by atoms with Gasteiger partial charge in [0.1, 0.15) is 10.8 Å². The fourth-order valence-electron chi connectivity index (χ4n) is 2.88. The van der Waals surface area contributed by atoms with Crippen LogP contribution in [0, 0.1) is 20.8 Å².